The van der Waals surface area contributed by atoms with Crippen molar-refractivity contribution >= 4 is 45.7 Å². The Morgan fingerprint density at radius 1 is 1.39 bits per heavy atom. The van der Waals surface area contributed by atoms with E-state index in [2.05, 4.69) is 21.2 Å². The van der Waals surface area contributed by atoms with E-state index in [1.807, 2.05) is 26.4 Å². The van der Waals surface area contributed by atoms with Crippen LogP contribution in [-0.4, -0.2) is 37.3 Å². The number of amides is 1. The van der Waals surface area contributed by atoms with Crippen molar-refractivity contribution in [1.82, 2.24) is 18.8 Å². The molecule has 2 N–H and O–H groups in total. The summed E-state index contributed by atoms with van der Waals surface area (Å²) in [6.07, 6.45) is 4.18. The molecule has 3 unspecified atom stereocenters. The Balaban J connectivity index is 1.55. The van der Waals surface area contributed by atoms with Gasteiger partial charge in [-0.1, -0.05) is 11.6 Å². The number of anilines is 1. The van der Waals surface area contributed by atoms with E-state index >= 15 is 0 Å². The molecule has 0 radical (unpaired) electrons. The summed E-state index contributed by atoms with van der Waals surface area (Å²) in [5.41, 5.74) is 2.47. The number of carbonyl (C=O) groups excluding carboxylic acids is 1. The van der Waals surface area contributed by atoms with Crippen LogP contribution in [0.4, 0.5) is 10.1 Å². The standard InChI is InChI=1S/C20H21ClFN5O2S2/c1-11-14(12-9-23-26(2)10-12)7-19(30-11)17-8-18(27(3)31(29)25-17)20(28)24-13-4-5-16(22)15(21)6-13/h4-7,9-10,17-18,25H,8H2,1-3H3,(H,24,28). The van der Waals surface area contributed by atoms with Crippen LogP contribution in [0.1, 0.15) is 22.2 Å². The second-order valence-electron chi connectivity index (χ2n) is 7.36. The molecule has 3 heterocycles. The lowest BCUT2D eigenvalue weighted by Crippen LogP contribution is -2.52. The first kappa shape index (κ1) is 22.1. The van der Waals surface area contributed by atoms with Gasteiger partial charge in [-0.05, 0) is 43.2 Å². The van der Waals surface area contributed by atoms with Crippen molar-refractivity contribution in [3.05, 3.63) is 57.3 Å². The number of rotatable bonds is 4. The van der Waals surface area contributed by atoms with E-state index < -0.39 is 23.0 Å². The van der Waals surface area contributed by atoms with Crippen molar-refractivity contribution in [2.75, 3.05) is 12.4 Å². The lowest BCUT2D eigenvalue weighted by atomic mass is 10.0. The highest BCUT2D eigenvalue weighted by Crippen LogP contribution is 2.37. The minimum absolute atomic E-state index is 0.0742. The quantitative estimate of drug-likeness (QED) is 0.595. The summed E-state index contributed by atoms with van der Waals surface area (Å²) in [4.78, 5) is 15.1. The molecule has 3 aromatic rings. The lowest BCUT2D eigenvalue weighted by molar-refractivity contribution is -0.120. The molecular formula is C20H21ClFN5O2S2. The van der Waals surface area contributed by atoms with Gasteiger partial charge in [0.25, 0.3) is 0 Å². The number of carbonyl (C=O) groups is 1. The van der Waals surface area contributed by atoms with Gasteiger partial charge in [0, 0.05) is 41.3 Å². The van der Waals surface area contributed by atoms with E-state index in [4.69, 9.17) is 11.6 Å². The van der Waals surface area contributed by atoms with Crippen molar-refractivity contribution in [2.45, 2.75) is 25.4 Å². The summed E-state index contributed by atoms with van der Waals surface area (Å²) in [7, 11) is 3.49. The summed E-state index contributed by atoms with van der Waals surface area (Å²) in [5.74, 6) is -0.886. The molecule has 11 heteroatoms. The van der Waals surface area contributed by atoms with Crippen LogP contribution in [0, 0.1) is 12.7 Å². The number of likely N-dealkylation sites (N-methyl/N-ethyl adjacent to an activating group) is 1. The highest BCUT2D eigenvalue weighted by atomic mass is 35.5. The van der Waals surface area contributed by atoms with E-state index in [1.165, 1.54) is 22.5 Å². The number of aryl methyl sites for hydroxylation is 2. The maximum absolute atomic E-state index is 13.4. The normalized spacial score (nSPS) is 21.9. The third kappa shape index (κ3) is 4.58. The molecule has 0 aliphatic carbocycles. The van der Waals surface area contributed by atoms with Gasteiger partial charge in [-0.15, -0.1) is 11.3 Å². The van der Waals surface area contributed by atoms with Gasteiger partial charge in [0.05, 0.1) is 17.3 Å². The molecule has 4 rings (SSSR count). The average molecular weight is 482 g/mol. The molecule has 1 aromatic carbocycles. The van der Waals surface area contributed by atoms with Gasteiger partial charge < -0.3 is 5.32 Å². The van der Waals surface area contributed by atoms with E-state index in [-0.39, 0.29) is 17.0 Å². The van der Waals surface area contributed by atoms with Crippen LogP contribution in [0.5, 0.6) is 0 Å². The molecule has 1 saturated heterocycles. The minimum atomic E-state index is -1.54. The summed E-state index contributed by atoms with van der Waals surface area (Å²) in [5, 5.41) is 6.90. The van der Waals surface area contributed by atoms with Crippen molar-refractivity contribution in [2.24, 2.45) is 7.05 Å². The number of nitrogens with one attached hydrogen (secondary N) is 2. The van der Waals surface area contributed by atoms with Crippen molar-refractivity contribution in [3.63, 3.8) is 0 Å². The van der Waals surface area contributed by atoms with Crippen LogP contribution >= 0.6 is 22.9 Å². The number of benzene rings is 1. The maximum atomic E-state index is 13.4. The van der Waals surface area contributed by atoms with Crippen LogP contribution < -0.4 is 10.0 Å². The van der Waals surface area contributed by atoms with Crippen LogP contribution in [-0.2, 0) is 23.0 Å². The van der Waals surface area contributed by atoms with Gasteiger partial charge in [-0.2, -0.15) is 5.10 Å². The Bertz CT molecular complexity index is 1160. The highest BCUT2D eigenvalue weighted by Gasteiger charge is 2.37. The number of halogens is 2. The van der Waals surface area contributed by atoms with Crippen LogP contribution in [0.3, 0.4) is 0 Å². The van der Waals surface area contributed by atoms with Crippen molar-refractivity contribution in [1.29, 1.82) is 0 Å². The van der Waals surface area contributed by atoms with Gasteiger partial charge in [0.1, 0.15) is 11.9 Å². The summed E-state index contributed by atoms with van der Waals surface area (Å²) in [6.45, 7) is 2.03. The molecule has 31 heavy (non-hydrogen) atoms. The minimum Gasteiger partial charge on any atom is -0.325 e. The largest absolute Gasteiger partial charge is 0.325 e. The first-order valence-electron chi connectivity index (χ1n) is 9.49. The molecular weight excluding hydrogens is 461 g/mol. The molecule has 1 amide bonds. The van der Waals surface area contributed by atoms with E-state index in [0.29, 0.717) is 12.1 Å². The van der Waals surface area contributed by atoms with Gasteiger partial charge >= 0.3 is 0 Å². The average Bonchev–Trinajstić information content (AvgIpc) is 3.32. The molecule has 0 spiro atoms. The van der Waals surface area contributed by atoms with Crippen LogP contribution in [0.2, 0.25) is 5.02 Å². The summed E-state index contributed by atoms with van der Waals surface area (Å²) < 4.78 is 32.4. The smallest absolute Gasteiger partial charge is 0.242 e. The Morgan fingerprint density at radius 3 is 2.84 bits per heavy atom. The SMILES string of the molecule is Cc1sc(C2CC(C(=O)Nc3ccc(F)c(Cl)c3)N(C)S(=O)N2)cc1-c1cnn(C)c1. The zero-order valence-corrected chi connectivity index (χ0v) is 19.4. The van der Waals surface area contributed by atoms with Gasteiger partial charge in [0.15, 0.2) is 11.2 Å². The zero-order chi connectivity index (χ0) is 22.3. The molecule has 3 atom stereocenters. The maximum Gasteiger partial charge on any atom is 0.242 e. The fraction of sp³-hybridized carbons (Fsp3) is 0.300. The van der Waals surface area contributed by atoms with Gasteiger partial charge in [-0.3, -0.25) is 9.48 Å². The third-order valence-electron chi connectivity index (χ3n) is 5.19. The van der Waals surface area contributed by atoms with Crippen LogP contribution in [0.25, 0.3) is 11.1 Å². The molecule has 2 aromatic heterocycles. The Hall–Kier alpha value is -2.11. The molecule has 0 bridgehead atoms. The van der Waals surface area contributed by atoms with Crippen molar-refractivity contribution < 1.29 is 13.4 Å². The topological polar surface area (TPSA) is 79.3 Å². The van der Waals surface area contributed by atoms with Crippen molar-refractivity contribution in [3.8, 4) is 11.1 Å². The monoisotopic (exact) mass is 481 g/mol. The lowest BCUT2D eigenvalue weighted by Gasteiger charge is -2.35. The predicted molar refractivity (Wildman–Crippen MR) is 121 cm³/mol. The Kier molecular flexibility index (Phi) is 6.27. The Morgan fingerprint density at radius 2 is 2.16 bits per heavy atom. The highest BCUT2D eigenvalue weighted by molar-refractivity contribution is 7.80. The first-order chi connectivity index (χ1) is 14.7. The second-order valence-corrected chi connectivity index (χ2v) is 10.4. The van der Waals surface area contributed by atoms with E-state index in [9.17, 15) is 13.4 Å². The molecule has 1 aliphatic rings. The second kappa shape index (κ2) is 8.79. The number of thiophene rings is 1. The Labute approximate surface area is 190 Å². The predicted octanol–water partition coefficient (Wildman–Crippen LogP) is 3.80. The fourth-order valence-electron chi connectivity index (χ4n) is 3.51. The molecule has 164 valence electrons. The van der Waals surface area contributed by atoms with E-state index in [1.54, 1.807) is 23.1 Å². The number of aromatic nitrogens is 2. The zero-order valence-electron chi connectivity index (χ0n) is 17.1. The molecule has 0 saturated carbocycles. The van der Waals surface area contributed by atoms with E-state index in [0.717, 1.165) is 20.9 Å². The first-order valence-corrected chi connectivity index (χ1v) is 11.8. The molecule has 1 aliphatic heterocycles. The summed E-state index contributed by atoms with van der Waals surface area (Å²) in [6, 6.07) is 5.16. The third-order valence-corrected chi connectivity index (χ3v) is 7.91. The number of hydrogen-bond acceptors (Lipinski definition) is 4. The van der Waals surface area contributed by atoms with Crippen LogP contribution in [0.15, 0.2) is 36.7 Å². The number of nitrogens with zero attached hydrogens (tertiary/aromatic N) is 3. The van der Waals surface area contributed by atoms with Gasteiger partial charge in [-0.25, -0.2) is 17.6 Å². The molecule has 7 nitrogen and oxygen atoms in total. The number of hydrogen-bond donors (Lipinski definition) is 2. The van der Waals surface area contributed by atoms with Gasteiger partial charge in [0.2, 0.25) is 5.91 Å². The fourth-order valence-corrected chi connectivity index (χ4v) is 5.93. The molecule has 1 fully saturated rings. The summed E-state index contributed by atoms with van der Waals surface area (Å²) >= 11 is 5.87.